The third-order valence-corrected chi connectivity index (χ3v) is 4.14. The van der Waals surface area contributed by atoms with Crippen LogP contribution in [0.4, 0.5) is 0 Å². The Labute approximate surface area is 127 Å². The lowest BCUT2D eigenvalue weighted by atomic mass is 9.99. The van der Waals surface area contributed by atoms with E-state index >= 15 is 0 Å². The van der Waals surface area contributed by atoms with E-state index in [0.29, 0.717) is 12.3 Å². The Bertz CT molecular complexity index is 439. The van der Waals surface area contributed by atoms with Crippen molar-refractivity contribution in [2.75, 3.05) is 33.8 Å². The maximum atomic E-state index is 12.2. The van der Waals surface area contributed by atoms with Crippen LogP contribution in [0.15, 0.2) is 24.3 Å². The molecule has 0 aromatic heterocycles. The smallest absolute Gasteiger partial charge is 0.222 e. The summed E-state index contributed by atoms with van der Waals surface area (Å²) < 4.78 is 5.14. The summed E-state index contributed by atoms with van der Waals surface area (Å²) in [5.41, 5.74) is 1.18. The maximum Gasteiger partial charge on any atom is 0.222 e. The number of rotatable bonds is 6. The number of nitrogens with one attached hydrogen (secondary N) is 1. The van der Waals surface area contributed by atoms with E-state index in [1.54, 1.807) is 7.11 Å². The topological polar surface area (TPSA) is 41.6 Å². The summed E-state index contributed by atoms with van der Waals surface area (Å²) in [6.45, 7) is 3.02. The molecular weight excluding hydrogens is 264 g/mol. The molecule has 4 heteroatoms. The van der Waals surface area contributed by atoms with Crippen LogP contribution in [-0.4, -0.2) is 44.6 Å². The van der Waals surface area contributed by atoms with E-state index in [4.69, 9.17) is 4.74 Å². The summed E-state index contributed by atoms with van der Waals surface area (Å²) >= 11 is 0. The number of nitrogens with zero attached hydrogens (tertiary/aromatic N) is 1. The minimum atomic E-state index is 0.233. The highest BCUT2D eigenvalue weighted by atomic mass is 16.5. The minimum Gasteiger partial charge on any atom is -0.497 e. The SMILES string of the molecule is COc1ccc(CCC(=O)N(C)CC2CCCNC2)cc1. The van der Waals surface area contributed by atoms with Gasteiger partial charge in [0.25, 0.3) is 0 Å². The Kier molecular flexibility index (Phi) is 6.05. The highest BCUT2D eigenvalue weighted by Gasteiger charge is 2.17. The van der Waals surface area contributed by atoms with Gasteiger partial charge in [0.05, 0.1) is 7.11 Å². The van der Waals surface area contributed by atoms with Gasteiger partial charge in [-0.2, -0.15) is 0 Å². The zero-order valence-electron chi connectivity index (χ0n) is 13.1. The molecular formula is C17H26N2O2. The van der Waals surface area contributed by atoms with E-state index < -0.39 is 0 Å². The highest BCUT2D eigenvalue weighted by molar-refractivity contribution is 5.76. The van der Waals surface area contributed by atoms with Crippen LogP contribution in [0.5, 0.6) is 5.75 Å². The zero-order valence-corrected chi connectivity index (χ0v) is 13.1. The summed E-state index contributed by atoms with van der Waals surface area (Å²) in [6.07, 6.45) is 3.81. The number of hydrogen-bond acceptors (Lipinski definition) is 3. The standard InChI is InChI=1S/C17H26N2O2/c1-19(13-15-4-3-11-18-12-15)17(20)10-7-14-5-8-16(21-2)9-6-14/h5-6,8-9,15,18H,3-4,7,10-13H2,1-2H3. The van der Waals surface area contributed by atoms with Crippen molar-refractivity contribution in [2.24, 2.45) is 5.92 Å². The van der Waals surface area contributed by atoms with Crippen LogP contribution in [0.1, 0.15) is 24.8 Å². The van der Waals surface area contributed by atoms with E-state index in [9.17, 15) is 4.79 Å². The Morgan fingerprint density at radius 2 is 2.14 bits per heavy atom. The maximum absolute atomic E-state index is 12.2. The number of benzene rings is 1. The monoisotopic (exact) mass is 290 g/mol. The van der Waals surface area contributed by atoms with E-state index in [1.165, 1.54) is 18.4 Å². The van der Waals surface area contributed by atoms with E-state index in [-0.39, 0.29) is 5.91 Å². The normalized spacial score (nSPS) is 18.3. The second-order valence-electron chi connectivity index (χ2n) is 5.83. The van der Waals surface area contributed by atoms with Crippen molar-refractivity contribution in [3.05, 3.63) is 29.8 Å². The van der Waals surface area contributed by atoms with E-state index in [1.807, 2.05) is 36.2 Å². The molecule has 116 valence electrons. The largest absolute Gasteiger partial charge is 0.497 e. The number of carbonyl (C=O) groups excluding carboxylic acids is 1. The Balaban J connectivity index is 1.74. The van der Waals surface area contributed by atoms with Crippen LogP contribution in [-0.2, 0) is 11.2 Å². The van der Waals surface area contributed by atoms with Gasteiger partial charge in [0.2, 0.25) is 5.91 Å². The minimum absolute atomic E-state index is 0.233. The number of amides is 1. The molecule has 1 aliphatic rings. The first-order chi connectivity index (χ1) is 10.2. The fourth-order valence-electron chi connectivity index (χ4n) is 2.80. The van der Waals surface area contributed by atoms with Gasteiger partial charge in [0.15, 0.2) is 0 Å². The van der Waals surface area contributed by atoms with Crippen molar-refractivity contribution in [1.29, 1.82) is 0 Å². The molecule has 1 unspecified atom stereocenters. The molecule has 1 aliphatic heterocycles. The molecule has 0 saturated carbocycles. The van der Waals surface area contributed by atoms with Crippen molar-refractivity contribution in [2.45, 2.75) is 25.7 Å². The van der Waals surface area contributed by atoms with Gasteiger partial charge in [-0.25, -0.2) is 0 Å². The second-order valence-corrected chi connectivity index (χ2v) is 5.83. The van der Waals surface area contributed by atoms with Gasteiger partial charge in [0, 0.05) is 20.0 Å². The number of methoxy groups -OCH3 is 1. The predicted octanol–water partition coefficient (Wildman–Crippen LogP) is 2.09. The average molecular weight is 290 g/mol. The Morgan fingerprint density at radius 1 is 1.38 bits per heavy atom. The van der Waals surface area contributed by atoms with E-state index in [0.717, 1.165) is 31.8 Å². The molecule has 0 radical (unpaired) electrons. The lowest BCUT2D eigenvalue weighted by Gasteiger charge is -2.27. The molecule has 1 amide bonds. The number of aryl methyl sites for hydroxylation is 1. The van der Waals surface area contributed by atoms with Gasteiger partial charge < -0.3 is 15.0 Å². The molecule has 1 aromatic carbocycles. The van der Waals surface area contributed by atoms with Crippen molar-refractivity contribution in [1.82, 2.24) is 10.2 Å². The average Bonchev–Trinajstić information content (AvgIpc) is 2.54. The van der Waals surface area contributed by atoms with Crippen molar-refractivity contribution < 1.29 is 9.53 Å². The number of hydrogen-bond donors (Lipinski definition) is 1. The summed E-state index contributed by atoms with van der Waals surface area (Å²) in [5, 5.41) is 3.40. The van der Waals surface area contributed by atoms with Gasteiger partial charge in [0.1, 0.15) is 5.75 Å². The quantitative estimate of drug-likeness (QED) is 0.872. The van der Waals surface area contributed by atoms with Gasteiger partial charge in [-0.05, 0) is 56.0 Å². The lowest BCUT2D eigenvalue weighted by Crippen LogP contribution is -2.39. The van der Waals surface area contributed by atoms with Gasteiger partial charge in [-0.15, -0.1) is 0 Å². The highest BCUT2D eigenvalue weighted by Crippen LogP contribution is 2.14. The first-order valence-corrected chi connectivity index (χ1v) is 7.76. The van der Waals surface area contributed by atoms with Crippen LogP contribution < -0.4 is 10.1 Å². The molecule has 2 rings (SSSR count). The van der Waals surface area contributed by atoms with Crippen LogP contribution >= 0.6 is 0 Å². The fraction of sp³-hybridized carbons (Fsp3) is 0.588. The van der Waals surface area contributed by atoms with Gasteiger partial charge in [-0.1, -0.05) is 12.1 Å². The lowest BCUT2D eigenvalue weighted by molar-refractivity contribution is -0.130. The van der Waals surface area contributed by atoms with Crippen LogP contribution in [0.25, 0.3) is 0 Å². The molecule has 0 bridgehead atoms. The number of piperidine rings is 1. The van der Waals surface area contributed by atoms with Crippen molar-refractivity contribution in [3.63, 3.8) is 0 Å². The fourth-order valence-corrected chi connectivity index (χ4v) is 2.80. The van der Waals surface area contributed by atoms with Crippen molar-refractivity contribution in [3.8, 4) is 5.75 Å². The molecule has 21 heavy (non-hydrogen) atoms. The van der Waals surface area contributed by atoms with Crippen LogP contribution in [0.3, 0.4) is 0 Å². The van der Waals surface area contributed by atoms with Crippen LogP contribution in [0.2, 0.25) is 0 Å². The number of ether oxygens (including phenoxy) is 1. The summed E-state index contributed by atoms with van der Waals surface area (Å²) in [6, 6.07) is 7.93. The van der Waals surface area contributed by atoms with E-state index in [2.05, 4.69) is 5.32 Å². The van der Waals surface area contributed by atoms with Gasteiger partial charge >= 0.3 is 0 Å². The summed E-state index contributed by atoms with van der Waals surface area (Å²) in [5.74, 6) is 1.69. The first-order valence-electron chi connectivity index (χ1n) is 7.76. The molecule has 4 nitrogen and oxygen atoms in total. The van der Waals surface area contributed by atoms with Gasteiger partial charge in [-0.3, -0.25) is 4.79 Å². The summed E-state index contributed by atoms with van der Waals surface area (Å²) in [4.78, 5) is 14.1. The van der Waals surface area contributed by atoms with Crippen molar-refractivity contribution >= 4 is 5.91 Å². The molecule has 0 aliphatic carbocycles. The molecule has 1 N–H and O–H groups in total. The molecule has 1 aromatic rings. The molecule has 1 atom stereocenters. The molecule has 1 saturated heterocycles. The Morgan fingerprint density at radius 3 is 2.76 bits per heavy atom. The zero-order chi connectivity index (χ0) is 15.1. The molecule has 1 heterocycles. The number of carbonyl (C=O) groups is 1. The first kappa shape index (κ1) is 15.8. The molecule has 1 fully saturated rings. The second kappa shape index (κ2) is 8.03. The summed E-state index contributed by atoms with van der Waals surface area (Å²) in [7, 11) is 3.58. The third-order valence-electron chi connectivity index (χ3n) is 4.14. The van der Waals surface area contributed by atoms with Crippen LogP contribution in [0, 0.1) is 5.92 Å². The third kappa shape index (κ3) is 5.05. The molecule has 0 spiro atoms. The Hall–Kier alpha value is -1.55. The predicted molar refractivity (Wildman–Crippen MR) is 84.5 cm³/mol.